The van der Waals surface area contributed by atoms with E-state index < -0.39 is 0 Å². The van der Waals surface area contributed by atoms with Crippen LogP contribution < -0.4 is 0 Å². The Balaban J connectivity index is 1.20. The summed E-state index contributed by atoms with van der Waals surface area (Å²) in [6.45, 7) is 4.57. The summed E-state index contributed by atoms with van der Waals surface area (Å²) in [4.78, 5) is 5.11. The fraction of sp³-hybridized carbons (Fsp3) is 0.462. The Kier molecular flexibility index (Phi) is 18.5. The maximum absolute atomic E-state index is 9.48. The van der Waals surface area contributed by atoms with E-state index in [2.05, 4.69) is 74.5 Å². The molecule has 0 amide bonds. The van der Waals surface area contributed by atoms with Crippen molar-refractivity contribution < 1.29 is 0 Å². The standard InChI is InChI=1S/C52H62N4S2Se/c1-3-5-7-9-11-13-15-17-19-21-23-43-35-47(57-51(43)41-29-25-39(37-53)26-30-41)45-33-34-46(50-49(45)55-59-56-50)48-36-44(24-22-20-18-16-14-12-10-8-6-4-2)52(58-48)42-31-27-40(38-54)28-32-42/h25-36H,3-24H2,1-2H3. The maximum atomic E-state index is 9.48. The molecule has 308 valence electrons. The van der Waals surface area contributed by atoms with Crippen LogP contribution in [0.1, 0.15) is 165 Å². The number of rotatable bonds is 26. The molecule has 0 aliphatic carbocycles. The molecule has 0 atom stereocenters. The van der Waals surface area contributed by atoms with Gasteiger partial charge in [-0.05, 0) is 0 Å². The normalized spacial score (nSPS) is 11.3. The van der Waals surface area contributed by atoms with Crippen LogP contribution >= 0.6 is 22.7 Å². The number of fused-ring (bicyclic) bond motifs is 1. The average Bonchev–Trinajstić information content (AvgIpc) is 4.04. The molecule has 0 fully saturated rings. The van der Waals surface area contributed by atoms with Gasteiger partial charge in [-0.3, -0.25) is 0 Å². The van der Waals surface area contributed by atoms with Crippen molar-refractivity contribution in [3.63, 3.8) is 0 Å². The van der Waals surface area contributed by atoms with E-state index >= 15 is 0 Å². The van der Waals surface area contributed by atoms with Gasteiger partial charge in [0.2, 0.25) is 0 Å². The number of aromatic nitrogens is 2. The number of nitrogens with zero attached hydrogens (tertiary/aromatic N) is 4. The minimum atomic E-state index is -0.175. The van der Waals surface area contributed by atoms with Crippen LogP contribution in [-0.4, -0.2) is 22.9 Å². The minimum absolute atomic E-state index is 0.175. The van der Waals surface area contributed by atoms with Crippen molar-refractivity contribution in [1.29, 1.82) is 10.5 Å². The van der Waals surface area contributed by atoms with Gasteiger partial charge in [0.05, 0.1) is 0 Å². The third-order valence-electron chi connectivity index (χ3n) is 11.7. The van der Waals surface area contributed by atoms with Gasteiger partial charge in [0.15, 0.2) is 0 Å². The Morgan fingerprint density at radius 2 is 0.797 bits per heavy atom. The van der Waals surface area contributed by atoms with Gasteiger partial charge in [-0.2, -0.15) is 0 Å². The monoisotopic (exact) mass is 886 g/mol. The molecule has 0 N–H and O–H groups in total. The number of aryl methyl sites for hydroxylation is 2. The summed E-state index contributed by atoms with van der Waals surface area (Å²) in [6, 6.07) is 30.2. The van der Waals surface area contributed by atoms with E-state index in [-0.39, 0.29) is 15.0 Å². The molecule has 3 aromatic carbocycles. The zero-order valence-corrected chi connectivity index (χ0v) is 38.8. The molecule has 6 aromatic rings. The van der Waals surface area contributed by atoms with Crippen LogP contribution in [0.4, 0.5) is 0 Å². The van der Waals surface area contributed by atoms with Gasteiger partial charge in [0.25, 0.3) is 0 Å². The predicted octanol–water partition coefficient (Wildman–Crippen LogP) is 16.1. The quantitative estimate of drug-likeness (QED) is 0.0402. The molecular formula is C52H62N4S2Se. The van der Waals surface area contributed by atoms with Crippen LogP contribution in [0, 0.1) is 22.7 Å². The molecule has 0 spiro atoms. The van der Waals surface area contributed by atoms with E-state index in [4.69, 9.17) is 7.96 Å². The first-order valence-electron chi connectivity index (χ1n) is 22.7. The first-order chi connectivity index (χ1) is 29.1. The Bertz CT molecular complexity index is 2090. The van der Waals surface area contributed by atoms with Crippen molar-refractivity contribution in [2.45, 2.75) is 155 Å². The molecule has 0 bridgehead atoms. The number of nitriles is 2. The molecule has 0 radical (unpaired) electrons. The van der Waals surface area contributed by atoms with Crippen LogP contribution in [0.25, 0.3) is 52.8 Å². The Morgan fingerprint density at radius 1 is 0.458 bits per heavy atom. The van der Waals surface area contributed by atoms with Crippen LogP contribution in [0.3, 0.4) is 0 Å². The Labute approximate surface area is 369 Å². The van der Waals surface area contributed by atoms with E-state index in [0.29, 0.717) is 11.1 Å². The number of hydrogen-bond acceptors (Lipinski definition) is 6. The zero-order chi connectivity index (χ0) is 41.1. The van der Waals surface area contributed by atoms with Gasteiger partial charge in [-0.15, -0.1) is 0 Å². The van der Waals surface area contributed by atoms with Crippen LogP contribution in [-0.2, 0) is 12.8 Å². The molecular weight excluding hydrogens is 824 g/mol. The Hall–Kier alpha value is -3.84. The summed E-state index contributed by atoms with van der Waals surface area (Å²) < 4.78 is 10.2. The van der Waals surface area contributed by atoms with E-state index in [1.54, 1.807) is 0 Å². The summed E-state index contributed by atoms with van der Waals surface area (Å²) in [5, 5.41) is 19.0. The molecule has 3 aromatic heterocycles. The first-order valence-corrected chi connectivity index (χ1v) is 25.8. The Morgan fingerprint density at radius 3 is 1.14 bits per heavy atom. The SMILES string of the molecule is CCCCCCCCCCCCc1cc(-c2ccc(-c3cc(CCCCCCCCCCCC)c(-c4ccc(C#N)cc4)s3)c3n[se]nc23)sc1-c1ccc(C#N)cc1. The molecule has 4 nitrogen and oxygen atoms in total. The number of thiophene rings is 2. The van der Waals surface area contributed by atoms with Crippen molar-refractivity contribution in [3.05, 3.63) is 95.1 Å². The second kappa shape index (κ2) is 24.4. The van der Waals surface area contributed by atoms with E-state index in [0.717, 1.165) is 23.9 Å². The van der Waals surface area contributed by atoms with Crippen molar-refractivity contribution in [2.24, 2.45) is 0 Å². The van der Waals surface area contributed by atoms with Crippen LogP contribution in [0.2, 0.25) is 0 Å². The molecule has 6 rings (SSSR count). The second-order valence-corrected chi connectivity index (χ2v) is 19.5. The molecule has 0 saturated heterocycles. The van der Waals surface area contributed by atoms with E-state index in [1.807, 2.05) is 46.9 Å². The van der Waals surface area contributed by atoms with Crippen molar-refractivity contribution in [2.75, 3.05) is 0 Å². The zero-order valence-electron chi connectivity index (χ0n) is 35.5. The summed E-state index contributed by atoms with van der Waals surface area (Å²) in [7, 11) is 0. The van der Waals surface area contributed by atoms with Gasteiger partial charge >= 0.3 is 293 Å². The summed E-state index contributed by atoms with van der Waals surface area (Å²) >= 11 is 3.54. The van der Waals surface area contributed by atoms with Crippen molar-refractivity contribution in [3.8, 4) is 53.9 Å². The van der Waals surface area contributed by atoms with Crippen LogP contribution in [0.5, 0.6) is 0 Å². The topological polar surface area (TPSA) is 73.4 Å². The average molecular weight is 886 g/mol. The number of benzene rings is 3. The van der Waals surface area contributed by atoms with Gasteiger partial charge in [0.1, 0.15) is 0 Å². The molecule has 0 saturated carbocycles. The fourth-order valence-electron chi connectivity index (χ4n) is 8.25. The molecule has 7 heteroatoms. The number of unbranched alkanes of at least 4 members (excludes halogenated alkanes) is 18. The number of hydrogen-bond donors (Lipinski definition) is 0. The van der Waals surface area contributed by atoms with Gasteiger partial charge in [0, 0.05) is 0 Å². The summed E-state index contributed by atoms with van der Waals surface area (Å²) in [5.41, 5.74) is 11.0. The third kappa shape index (κ3) is 12.8. The molecule has 0 unspecified atom stereocenters. The molecule has 0 aliphatic heterocycles. The first kappa shape index (κ1) is 44.7. The van der Waals surface area contributed by atoms with E-state index in [9.17, 15) is 10.5 Å². The van der Waals surface area contributed by atoms with Gasteiger partial charge < -0.3 is 0 Å². The molecule has 59 heavy (non-hydrogen) atoms. The molecule has 3 heterocycles. The van der Waals surface area contributed by atoms with Crippen molar-refractivity contribution in [1.82, 2.24) is 7.96 Å². The van der Waals surface area contributed by atoms with E-state index in [1.165, 1.54) is 181 Å². The third-order valence-corrected chi connectivity index (χ3v) is 15.3. The predicted molar refractivity (Wildman–Crippen MR) is 255 cm³/mol. The molecule has 0 aliphatic rings. The second-order valence-electron chi connectivity index (χ2n) is 16.3. The van der Waals surface area contributed by atoms with Gasteiger partial charge in [-0.25, -0.2) is 0 Å². The summed E-state index contributed by atoms with van der Waals surface area (Å²) in [5.74, 6) is 0. The van der Waals surface area contributed by atoms with Gasteiger partial charge in [-0.1, -0.05) is 78.1 Å². The fourth-order valence-corrected chi connectivity index (χ4v) is 11.9. The van der Waals surface area contributed by atoms with Crippen LogP contribution in [0.15, 0.2) is 72.8 Å². The van der Waals surface area contributed by atoms with Crippen molar-refractivity contribution >= 4 is 48.7 Å². The summed E-state index contributed by atoms with van der Waals surface area (Å²) in [6.07, 6.45) is 28.7.